The van der Waals surface area contributed by atoms with Crippen LogP contribution < -0.4 is 5.32 Å². The van der Waals surface area contributed by atoms with Crippen molar-refractivity contribution in [3.05, 3.63) is 65.1 Å². The van der Waals surface area contributed by atoms with Crippen molar-refractivity contribution in [3.63, 3.8) is 0 Å². The Morgan fingerprint density at radius 1 is 1.18 bits per heavy atom. The molecule has 1 aliphatic rings. The van der Waals surface area contributed by atoms with E-state index in [2.05, 4.69) is 15.2 Å². The van der Waals surface area contributed by atoms with E-state index < -0.39 is 0 Å². The van der Waals surface area contributed by atoms with Gasteiger partial charge < -0.3 is 9.73 Å². The minimum atomic E-state index is -0.0641. The van der Waals surface area contributed by atoms with Crippen LogP contribution in [0.5, 0.6) is 0 Å². The molecular formula is C22H25N3O2S. The highest BCUT2D eigenvalue weighted by Crippen LogP contribution is 2.28. The van der Waals surface area contributed by atoms with Gasteiger partial charge in [0.25, 0.3) is 5.91 Å². The summed E-state index contributed by atoms with van der Waals surface area (Å²) in [5.74, 6) is 0.846. The number of aryl methyl sites for hydroxylation is 1. The van der Waals surface area contributed by atoms with E-state index in [1.165, 1.54) is 30.6 Å². The van der Waals surface area contributed by atoms with Crippen LogP contribution in [0.2, 0.25) is 0 Å². The van der Waals surface area contributed by atoms with Crippen LogP contribution in [0.4, 0.5) is 0 Å². The van der Waals surface area contributed by atoms with Crippen LogP contribution in [-0.2, 0) is 0 Å². The SMILES string of the molecule is Cc1nc(-c2ccccc2)sc1C(=O)NC[C@@H](c1ccco1)N1CCCCC1. The monoisotopic (exact) mass is 395 g/mol. The van der Waals surface area contributed by atoms with Crippen LogP contribution in [0.15, 0.2) is 53.1 Å². The second kappa shape index (κ2) is 8.71. The number of carbonyl (C=O) groups is 1. The summed E-state index contributed by atoms with van der Waals surface area (Å²) in [6.45, 7) is 4.51. The minimum Gasteiger partial charge on any atom is -0.468 e. The van der Waals surface area contributed by atoms with Gasteiger partial charge >= 0.3 is 0 Å². The number of likely N-dealkylation sites (tertiary alicyclic amines) is 1. The molecule has 5 nitrogen and oxygen atoms in total. The first kappa shape index (κ1) is 18.9. The van der Waals surface area contributed by atoms with E-state index in [4.69, 9.17) is 4.42 Å². The topological polar surface area (TPSA) is 58.4 Å². The number of benzene rings is 1. The molecule has 0 aliphatic carbocycles. The quantitative estimate of drug-likeness (QED) is 0.659. The molecule has 1 aromatic carbocycles. The smallest absolute Gasteiger partial charge is 0.263 e. The van der Waals surface area contributed by atoms with Crippen molar-refractivity contribution in [3.8, 4) is 10.6 Å². The van der Waals surface area contributed by atoms with Crippen molar-refractivity contribution in [2.45, 2.75) is 32.2 Å². The third-order valence-corrected chi connectivity index (χ3v) is 6.39. The van der Waals surface area contributed by atoms with Gasteiger partial charge in [-0.1, -0.05) is 36.8 Å². The van der Waals surface area contributed by atoms with Crippen molar-refractivity contribution in [2.75, 3.05) is 19.6 Å². The van der Waals surface area contributed by atoms with Gasteiger partial charge in [0.15, 0.2) is 0 Å². The summed E-state index contributed by atoms with van der Waals surface area (Å²) in [4.78, 5) is 20.6. The first-order valence-electron chi connectivity index (χ1n) is 9.81. The summed E-state index contributed by atoms with van der Waals surface area (Å²) in [5, 5.41) is 4.00. The molecule has 0 radical (unpaired) electrons. The molecule has 146 valence electrons. The lowest BCUT2D eigenvalue weighted by Gasteiger charge is -2.33. The molecule has 0 bridgehead atoms. The summed E-state index contributed by atoms with van der Waals surface area (Å²) in [6.07, 6.45) is 5.36. The first-order valence-corrected chi connectivity index (χ1v) is 10.6. The fourth-order valence-corrected chi connectivity index (χ4v) is 4.69. The van der Waals surface area contributed by atoms with Gasteiger partial charge in [0.1, 0.15) is 15.6 Å². The first-order chi connectivity index (χ1) is 13.7. The third-order valence-electron chi connectivity index (χ3n) is 5.18. The number of furan rings is 1. The molecule has 0 spiro atoms. The van der Waals surface area contributed by atoms with Crippen molar-refractivity contribution < 1.29 is 9.21 Å². The number of piperidine rings is 1. The van der Waals surface area contributed by atoms with Crippen LogP contribution in [0.25, 0.3) is 10.6 Å². The van der Waals surface area contributed by atoms with Crippen LogP contribution >= 0.6 is 11.3 Å². The predicted molar refractivity (Wildman–Crippen MR) is 111 cm³/mol. The summed E-state index contributed by atoms with van der Waals surface area (Å²) < 4.78 is 5.67. The Morgan fingerprint density at radius 3 is 2.68 bits per heavy atom. The Labute approximate surface area is 169 Å². The number of aromatic nitrogens is 1. The Kier molecular flexibility index (Phi) is 5.88. The molecule has 1 atom stereocenters. The molecule has 6 heteroatoms. The molecule has 0 unspecified atom stereocenters. The molecule has 4 rings (SSSR count). The molecule has 1 fully saturated rings. The summed E-state index contributed by atoms with van der Waals surface area (Å²) in [5.41, 5.74) is 1.81. The summed E-state index contributed by atoms with van der Waals surface area (Å²) >= 11 is 1.45. The predicted octanol–water partition coefficient (Wildman–Crippen LogP) is 4.67. The van der Waals surface area contributed by atoms with Crippen LogP contribution in [0, 0.1) is 6.92 Å². The Morgan fingerprint density at radius 2 is 1.96 bits per heavy atom. The third kappa shape index (κ3) is 4.18. The molecular weight excluding hydrogens is 370 g/mol. The molecule has 3 heterocycles. The van der Waals surface area contributed by atoms with E-state index in [-0.39, 0.29) is 11.9 Å². The normalized spacial score (nSPS) is 16.0. The summed E-state index contributed by atoms with van der Waals surface area (Å²) in [7, 11) is 0. The molecule has 1 amide bonds. The van der Waals surface area contributed by atoms with Crippen LogP contribution in [0.1, 0.15) is 46.4 Å². The van der Waals surface area contributed by atoms with E-state index in [0.717, 1.165) is 35.1 Å². The largest absolute Gasteiger partial charge is 0.468 e. The van der Waals surface area contributed by atoms with Gasteiger partial charge in [-0.2, -0.15) is 0 Å². The number of nitrogens with one attached hydrogen (secondary N) is 1. The maximum absolute atomic E-state index is 12.9. The molecule has 1 aliphatic heterocycles. The van der Waals surface area contributed by atoms with E-state index in [1.807, 2.05) is 49.4 Å². The number of amides is 1. The van der Waals surface area contributed by atoms with Crippen molar-refractivity contribution in [1.29, 1.82) is 0 Å². The van der Waals surface area contributed by atoms with Crippen molar-refractivity contribution in [1.82, 2.24) is 15.2 Å². The molecule has 1 N–H and O–H groups in total. The summed E-state index contributed by atoms with van der Waals surface area (Å²) in [6, 6.07) is 14.0. The number of carbonyl (C=O) groups excluding carboxylic acids is 1. The Bertz CT molecular complexity index is 899. The Balaban J connectivity index is 1.47. The minimum absolute atomic E-state index is 0.0641. The van der Waals surface area contributed by atoms with Gasteiger partial charge in [-0.25, -0.2) is 4.98 Å². The number of hydrogen-bond donors (Lipinski definition) is 1. The Hall–Kier alpha value is -2.44. The molecule has 0 saturated carbocycles. The number of hydrogen-bond acceptors (Lipinski definition) is 5. The van der Waals surface area contributed by atoms with Gasteiger partial charge in [0, 0.05) is 12.1 Å². The average Bonchev–Trinajstić information content (AvgIpc) is 3.40. The maximum atomic E-state index is 12.9. The highest BCUT2D eigenvalue weighted by Gasteiger charge is 2.26. The fourth-order valence-electron chi connectivity index (χ4n) is 3.70. The van der Waals surface area contributed by atoms with Crippen LogP contribution in [0.3, 0.4) is 0 Å². The lowest BCUT2D eigenvalue weighted by Crippen LogP contribution is -2.40. The van der Waals surface area contributed by atoms with E-state index in [9.17, 15) is 4.79 Å². The zero-order valence-corrected chi connectivity index (χ0v) is 16.9. The van der Waals surface area contributed by atoms with Gasteiger partial charge in [0.2, 0.25) is 0 Å². The molecule has 1 saturated heterocycles. The van der Waals surface area contributed by atoms with Gasteiger partial charge in [-0.3, -0.25) is 9.69 Å². The number of nitrogens with zero attached hydrogens (tertiary/aromatic N) is 2. The van der Waals surface area contributed by atoms with Gasteiger partial charge in [-0.15, -0.1) is 11.3 Å². The zero-order valence-electron chi connectivity index (χ0n) is 16.1. The van der Waals surface area contributed by atoms with E-state index in [1.54, 1.807) is 6.26 Å². The highest BCUT2D eigenvalue weighted by atomic mass is 32.1. The van der Waals surface area contributed by atoms with Crippen molar-refractivity contribution >= 4 is 17.2 Å². The fraction of sp³-hybridized carbons (Fsp3) is 0.364. The number of thiazole rings is 1. The zero-order chi connectivity index (χ0) is 19.3. The lowest BCUT2D eigenvalue weighted by atomic mass is 10.1. The average molecular weight is 396 g/mol. The second-order valence-electron chi connectivity index (χ2n) is 7.14. The van der Waals surface area contributed by atoms with Gasteiger partial charge in [0.05, 0.1) is 18.0 Å². The van der Waals surface area contributed by atoms with Gasteiger partial charge in [-0.05, 0) is 45.0 Å². The number of rotatable bonds is 6. The standard InChI is InChI=1S/C22H25N3O2S/c1-16-20(28-22(24-16)17-9-4-2-5-10-17)21(26)23-15-18(19-11-8-14-27-19)25-12-6-3-7-13-25/h2,4-5,8-11,14,18H,3,6-7,12-13,15H2,1H3,(H,23,26)/t18-/m0/s1. The second-order valence-corrected chi connectivity index (χ2v) is 8.14. The van der Waals surface area contributed by atoms with Crippen LogP contribution in [-0.4, -0.2) is 35.4 Å². The maximum Gasteiger partial charge on any atom is 0.263 e. The van der Waals surface area contributed by atoms with E-state index in [0.29, 0.717) is 11.4 Å². The molecule has 2 aromatic heterocycles. The van der Waals surface area contributed by atoms with E-state index >= 15 is 0 Å². The molecule has 28 heavy (non-hydrogen) atoms. The molecule has 3 aromatic rings. The van der Waals surface area contributed by atoms with Crippen molar-refractivity contribution in [2.24, 2.45) is 0 Å². The highest BCUT2D eigenvalue weighted by molar-refractivity contribution is 7.17. The lowest BCUT2D eigenvalue weighted by molar-refractivity contribution is 0.0917.